The minimum atomic E-state index is 0.674. The average Bonchev–Trinajstić information content (AvgIpc) is 2.78. The van der Waals surface area contributed by atoms with Gasteiger partial charge in [0.15, 0.2) is 0 Å². The number of imidazole rings is 1. The molecule has 0 atom stereocenters. The SMILES string of the molecule is CCc1nccn1CCOc1ccccc1. The Kier molecular flexibility index (Phi) is 3.59. The molecule has 16 heavy (non-hydrogen) atoms. The Labute approximate surface area is 95.7 Å². The number of nitrogens with zero attached hydrogens (tertiary/aromatic N) is 2. The van der Waals surface area contributed by atoms with Gasteiger partial charge < -0.3 is 9.30 Å². The summed E-state index contributed by atoms with van der Waals surface area (Å²) in [5, 5.41) is 0. The summed E-state index contributed by atoms with van der Waals surface area (Å²) < 4.78 is 7.76. The second kappa shape index (κ2) is 5.35. The van der Waals surface area contributed by atoms with E-state index < -0.39 is 0 Å². The number of rotatable bonds is 5. The van der Waals surface area contributed by atoms with Gasteiger partial charge in [0.05, 0.1) is 6.54 Å². The van der Waals surface area contributed by atoms with Crippen LogP contribution in [0.1, 0.15) is 12.7 Å². The summed E-state index contributed by atoms with van der Waals surface area (Å²) in [5.74, 6) is 2.03. The second-order valence-corrected chi connectivity index (χ2v) is 3.55. The van der Waals surface area contributed by atoms with E-state index in [1.807, 2.05) is 42.7 Å². The molecule has 0 fully saturated rings. The lowest BCUT2D eigenvalue weighted by molar-refractivity contribution is 0.296. The van der Waals surface area contributed by atoms with E-state index in [2.05, 4.69) is 16.5 Å². The molecule has 1 aromatic carbocycles. The normalized spacial score (nSPS) is 10.3. The Hall–Kier alpha value is -1.77. The van der Waals surface area contributed by atoms with Crippen LogP contribution >= 0.6 is 0 Å². The Balaban J connectivity index is 1.85. The molecule has 0 aliphatic rings. The average molecular weight is 216 g/mol. The van der Waals surface area contributed by atoms with E-state index in [-0.39, 0.29) is 0 Å². The zero-order valence-electron chi connectivity index (χ0n) is 9.47. The fourth-order valence-electron chi connectivity index (χ4n) is 1.64. The predicted molar refractivity (Wildman–Crippen MR) is 63.5 cm³/mol. The summed E-state index contributed by atoms with van der Waals surface area (Å²) >= 11 is 0. The Morgan fingerprint density at radius 3 is 2.81 bits per heavy atom. The van der Waals surface area contributed by atoms with Crippen LogP contribution in [0.15, 0.2) is 42.7 Å². The van der Waals surface area contributed by atoms with Crippen molar-refractivity contribution in [2.24, 2.45) is 0 Å². The van der Waals surface area contributed by atoms with Gasteiger partial charge in [-0.05, 0) is 12.1 Å². The molecule has 3 nitrogen and oxygen atoms in total. The fourth-order valence-corrected chi connectivity index (χ4v) is 1.64. The van der Waals surface area contributed by atoms with Gasteiger partial charge in [-0.3, -0.25) is 0 Å². The molecule has 0 N–H and O–H groups in total. The van der Waals surface area contributed by atoms with E-state index in [1.165, 1.54) is 0 Å². The molecule has 0 bridgehead atoms. The lowest BCUT2D eigenvalue weighted by Crippen LogP contribution is -2.10. The zero-order valence-corrected chi connectivity index (χ0v) is 9.47. The molecule has 0 saturated heterocycles. The van der Waals surface area contributed by atoms with Crippen molar-refractivity contribution in [1.29, 1.82) is 0 Å². The van der Waals surface area contributed by atoms with Crippen molar-refractivity contribution < 1.29 is 4.74 Å². The maximum Gasteiger partial charge on any atom is 0.119 e. The molecule has 2 rings (SSSR count). The first kappa shape index (κ1) is 10.7. The molecule has 0 spiro atoms. The van der Waals surface area contributed by atoms with Gasteiger partial charge in [-0.1, -0.05) is 25.1 Å². The molecular formula is C13H16N2O. The predicted octanol–water partition coefficient (Wildman–Crippen LogP) is 2.52. The van der Waals surface area contributed by atoms with Gasteiger partial charge in [-0.15, -0.1) is 0 Å². The summed E-state index contributed by atoms with van der Waals surface area (Å²) in [4.78, 5) is 4.27. The van der Waals surface area contributed by atoms with Crippen molar-refractivity contribution in [2.45, 2.75) is 19.9 Å². The van der Waals surface area contributed by atoms with E-state index in [0.29, 0.717) is 6.61 Å². The van der Waals surface area contributed by atoms with E-state index in [9.17, 15) is 0 Å². The van der Waals surface area contributed by atoms with E-state index in [4.69, 9.17) is 4.74 Å². The summed E-state index contributed by atoms with van der Waals surface area (Å²) in [6.45, 7) is 3.63. The van der Waals surface area contributed by atoms with Crippen molar-refractivity contribution in [3.8, 4) is 5.75 Å². The smallest absolute Gasteiger partial charge is 0.119 e. The van der Waals surface area contributed by atoms with Crippen molar-refractivity contribution in [1.82, 2.24) is 9.55 Å². The number of aromatic nitrogens is 2. The topological polar surface area (TPSA) is 27.1 Å². The first-order chi connectivity index (χ1) is 7.90. The van der Waals surface area contributed by atoms with Crippen LogP contribution in [0.3, 0.4) is 0 Å². The number of hydrogen-bond donors (Lipinski definition) is 0. The van der Waals surface area contributed by atoms with Gasteiger partial charge in [0.2, 0.25) is 0 Å². The number of hydrogen-bond acceptors (Lipinski definition) is 2. The van der Waals surface area contributed by atoms with Crippen LogP contribution in [-0.2, 0) is 13.0 Å². The Morgan fingerprint density at radius 2 is 2.06 bits per heavy atom. The maximum absolute atomic E-state index is 5.63. The van der Waals surface area contributed by atoms with Crippen LogP contribution in [0, 0.1) is 0 Å². The molecule has 0 saturated carbocycles. The fraction of sp³-hybridized carbons (Fsp3) is 0.308. The molecule has 0 aliphatic heterocycles. The minimum Gasteiger partial charge on any atom is -0.492 e. The number of benzene rings is 1. The van der Waals surface area contributed by atoms with Crippen molar-refractivity contribution >= 4 is 0 Å². The number of para-hydroxylation sites is 1. The maximum atomic E-state index is 5.63. The molecule has 1 heterocycles. The highest BCUT2D eigenvalue weighted by molar-refractivity contribution is 5.20. The van der Waals surface area contributed by atoms with Gasteiger partial charge in [-0.2, -0.15) is 0 Å². The standard InChI is InChI=1S/C13H16N2O/c1-2-13-14-8-9-15(13)10-11-16-12-6-4-3-5-7-12/h3-9H,2,10-11H2,1H3. The highest BCUT2D eigenvalue weighted by atomic mass is 16.5. The summed E-state index contributed by atoms with van der Waals surface area (Å²) in [5.41, 5.74) is 0. The number of ether oxygens (including phenoxy) is 1. The van der Waals surface area contributed by atoms with E-state index in [0.717, 1.165) is 24.5 Å². The quantitative estimate of drug-likeness (QED) is 0.768. The van der Waals surface area contributed by atoms with Crippen LogP contribution in [0.25, 0.3) is 0 Å². The third-order valence-corrected chi connectivity index (χ3v) is 2.46. The molecule has 1 aromatic heterocycles. The molecule has 3 heteroatoms. The third kappa shape index (κ3) is 2.63. The molecule has 0 radical (unpaired) electrons. The number of aryl methyl sites for hydroxylation is 1. The minimum absolute atomic E-state index is 0.674. The van der Waals surface area contributed by atoms with Crippen LogP contribution < -0.4 is 4.74 Å². The molecule has 84 valence electrons. The molecule has 0 aliphatic carbocycles. The highest BCUT2D eigenvalue weighted by Crippen LogP contribution is 2.08. The van der Waals surface area contributed by atoms with Gasteiger partial charge in [0.1, 0.15) is 18.2 Å². The van der Waals surface area contributed by atoms with Gasteiger partial charge >= 0.3 is 0 Å². The van der Waals surface area contributed by atoms with Crippen LogP contribution in [0.4, 0.5) is 0 Å². The summed E-state index contributed by atoms with van der Waals surface area (Å²) in [6.07, 6.45) is 4.78. The molecule has 0 unspecified atom stereocenters. The van der Waals surface area contributed by atoms with Gasteiger partial charge in [-0.25, -0.2) is 4.98 Å². The Morgan fingerprint density at radius 1 is 1.25 bits per heavy atom. The van der Waals surface area contributed by atoms with E-state index >= 15 is 0 Å². The van der Waals surface area contributed by atoms with Crippen LogP contribution in [0.5, 0.6) is 5.75 Å². The molecule has 0 amide bonds. The van der Waals surface area contributed by atoms with Crippen LogP contribution in [0.2, 0.25) is 0 Å². The monoisotopic (exact) mass is 216 g/mol. The zero-order chi connectivity index (χ0) is 11.2. The second-order valence-electron chi connectivity index (χ2n) is 3.55. The lowest BCUT2D eigenvalue weighted by Gasteiger charge is -2.08. The molecule has 2 aromatic rings. The Bertz CT molecular complexity index is 423. The van der Waals surface area contributed by atoms with Crippen molar-refractivity contribution in [2.75, 3.05) is 6.61 Å². The highest BCUT2D eigenvalue weighted by Gasteiger charge is 1.99. The summed E-state index contributed by atoms with van der Waals surface area (Å²) in [7, 11) is 0. The van der Waals surface area contributed by atoms with E-state index in [1.54, 1.807) is 0 Å². The van der Waals surface area contributed by atoms with Crippen molar-refractivity contribution in [3.63, 3.8) is 0 Å². The first-order valence-corrected chi connectivity index (χ1v) is 5.58. The van der Waals surface area contributed by atoms with Gasteiger partial charge in [0, 0.05) is 18.8 Å². The summed E-state index contributed by atoms with van der Waals surface area (Å²) in [6, 6.07) is 9.87. The van der Waals surface area contributed by atoms with Gasteiger partial charge in [0.25, 0.3) is 0 Å². The largest absolute Gasteiger partial charge is 0.492 e. The van der Waals surface area contributed by atoms with Crippen LogP contribution in [-0.4, -0.2) is 16.2 Å². The lowest BCUT2D eigenvalue weighted by atomic mass is 10.3. The third-order valence-electron chi connectivity index (χ3n) is 2.46. The van der Waals surface area contributed by atoms with Crippen molar-refractivity contribution in [3.05, 3.63) is 48.5 Å². The first-order valence-electron chi connectivity index (χ1n) is 5.58. The molecular weight excluding hydrogens is 200 g/mol.